The first-order valence-corrected chi connectivity index (χ1v) is 5.95. The van der Waals surface area contributed by atoms with E-state index in [9.17, 15) is 14.0 Å². The maximum Gasteiger partial charge on any atom is 0.329 e. The van der Waals surface area contributed by atoms with E-state index in [0.717, 1.165) is 5.56 Å². The lowest BCUT2D eigenvalue weighted by Crippen LogP contribution is -2.32. The third-order valence-electron chi connectivity index (χ3n) is 2.39. The van der Waals surface area contributed by atoms with Crippen molar-refractivity contribution in [3.63, 3.8) is 0 Å². The lowest BCUT2D eigenvalue weighted by atomic mass is 10.3. The van der Waals surface area contributed by atoms with Gasteiger partial charge in [-0.15, -0.1) is 0 Å². The van der Waals surface area contributed by atoms with Crippen LogP contribution in [-0.4, -0.2) is 23.0 Å². The Kier molecular flexibility index (Phi) is 4.70. The molecule has 2 aromatic rings. The average Bonchev–Trinajstić information content (AvgIpc) is 2.50. The van der Waals surface area contributed by atoms with Crippen molar-refractivity contribution in [3.8, 4) is 0 Å². The van der Waals surface area contributed by atoms with E-state index in [4.69, 9.17) is 0 Å². The standard InChI is InChI=1S/C14H11FN4O2/c15-11-1-3-12(4-2-11)18-13(20)14(21)19-17-9-10-5-7-16-8-6-10/h1-9H,(H,18,20)(H,19,21)/b17-9-. The molecule has 2 amide bonds. The maximum atomic E-state index is 12.7. The molecule has 106 valence electrons. The maximum absolute atomic E-state index is 12.7. The van der Waals surface area contributed by atoms with E-state index < -0.39 is 17.6 Å². The number of hydrogen-bond acceptors (Lipinski definition) is 4. The van der Waals surface area contributed by atoms with E-state index in [1.807, 2.05) is 0 Å². The van der Waals surface area contributed by atoms with Gasteiger partial charge in [-0.2, -0.15) is 5.10 Å². The van der Waals surface area contributed by atoms with Crippen LogP contribution in [0.1, 0.15) is 5.56 Å². The highest BCUT2D eigenvalue weighted by Gasteiger charge is 2.12. The summed E-state index contributed by atoms with van der Waals surface area (Å²) < 4.78 is 12.7. The second kappa shape index (κ2) is 6.90. The van der Waals surface area contributed by atoms with Gasteiger partial charge in [0.25, 0.3) is 0 Å². The Morgan fingerprint density at radius 2 is 1.71 bits per heavy atom. The second-order valence-electron chi connectivity index (χ2n) is 3.94. The Morgan fingerprint density at radius 1 is 1.05 bits per heavy atom. The molecule has 7 heteroatoms. The van der Waals surface area contributed by atoms with Crippen LogP contribution in [0.25, 0.3) is 0 Å². The zero-order valence-electron chi connectivity index (χ0n) is 10.8. The molecule has 0 saturated heterocycles. The Balaban J connectivity index is 1.87. The summed E-state index contributed by atoms with van der Waals surface area (Å²) >= 11 is 0. The minimum Gasteiger partial charge on any atom is -0.318 e. The Morgan fingerprint density at radius 3 is 2.38 bits per heavy atom. The first kappa shape index (κ1) is 14.3. The van der Waals surface area contributed by atoms with Crippen molar-refractivity contribution in [1.82, 2.24) is 10.4 Å². The molecule has 0 radical (unpaired) electrons. The number of benzene rings is 1. The molecule has 0 spiro atoms. The summed E-state index contributed by atoms with van der Waals surface area (Å²) in [6.45, 7) is 0. The number of rotatable bonds is 3. The molecule has 0 aliphatic rings. The van der Waals surface area contributed by atoms with Gasteiger partial charge in [-0.3, -0.25) is 14.6 Å². The van der Waals surface area contributed by atoms with Crippen LogP contribution in [0.4, 0.5) is 10.1 Å². The van der Waals surface area contributed by atoms with Gasteiger partial charge in [0.2, 0.25) is 0 Å². The van der Waals surface area contributed by atoms with Gasteiger partial charge < -0.3 is 5.32 Å². The lowest BCUT2D eigenvalue weighted by Gasteiger charge is -2.03. The number of halogens is 1. The van der Waals surface area contributed by atoms with Crippen molar-refractivity contribution in [2.45, 2.75) is 0 Å². The fraction of sp³-hybridized carbons (Fsp3) is 0. The quantitative estimate of drug-likeness (QED) is 0.507. The molecule has 1 aromatic carbocycles. The van der Waals surface area contributed by atoms with Crippen molar-refractivity contribution < 1.29 is 14.0 Å². The molecule has 0 bridgehead atoms. The van der Waals surface area contributed by atoms with Crippen LogP contribution in [0, 0.1) is 5.82 Å². The monoisotopic (exact) mass is 286 g/mol. The minimum absolute atomic E-state index is 0.315. The van der Waals surface area contributed by atoms with Gasteiger partial charge >= 0.3 is 11.8 Å². The van der Waals surface area contributed by atoms with E-state index in [-0.39, 0.29) is 0 Å². The summed E-state index contributed by atoms with van der Waals surface area (Å²) in [6.07, 6.45) is 4.53. The smallest absolute Gasteiger partial charge is 0.318 e. The number of hydrogen-bond donors (Lipinski definition) is 2. The third kappa shape index (κ3) is 4.50. The normalized spacial score (nSPS) is 10.3. The summed E-state index contributed by atoms with van der Waals surface area (Å²) in [5.74, 6) is -2.25. The molecule has 0 saturated carbocycles. The van der Waals surface area contributed by atoms with Crippen LogP contribution in [0.2, 0.25) is 0 Å². The first-order chi connectivity index (χ1) is 10.1. The highest BCUT2D eigenvalue weighted by atomic mass is 19.1. The predicted octanol–water partition coefficient (Wildman–Crippen LogP) is 1.31. The predicted molar refractivity (Wildman–Crippen MR) is 75.0 cm³/mol. The number of aromatic nitrogens is 1. The number of pyridine rings is 1. The number of amides is 2. The molecule has 1 heterocycles. The molecule has 2 rings (SSSR count). The van der Waals surface area contributed by atoms with Crippen LogP contribution in [0.15, 0.2) is 53.9 Å². The molecule has 0 atom stereocenters. The van der Waals surface area contributed by atoms with Gasteiger partial charge in [0.05, 0.1) is 6.21 Å². The number of anilines is 1. The number of nitrogens with zero attached hydrogens (tertiary/aromatic N) is 2. The van der Waals surface area contributed by atoms with Crippen molar-refractivity contribution in [3.05, 3.63) is 60.2 Å². The van der Waals surface area contributed by atoms with Crippen LogP contribution in [-0.2, 0) is 9.59 Å². The van der Waals surface area contributed by atoms with Crippen LogP contribution in [0.5, 0.6) is 0 Å². The minimum atomic E-state index is -0.926. The molecule has 0 aliphatic heterocycles. The highest BCUT2D eigenvalue weighted by Crippen LogP contribution is 2.07. The number of hydrazone groups is 1. The number of carbonyl (C=O) groups excluding carboxylic acids is 2. The molecule has 21 heavy (non-hydrogen) atoms. The van der Waals surface area contributed by atoms with Crippen molar-refractivity contribution >= 4 is 23.7 Å². The van der Waals surface area contributed by atoms with Crippen LogP contribution in [0.3, 0.4) is 0 Å². The number of carbonyl (C=O) groups is 2. The van der Waals surface area contributed by atoms with E-state index in [1.54, 1.807) is 24.5 Å². The topological polar surface area (TPSA) is 83.5 Å². The van der Waals surface area contributed by atoms with Gasteiger partial charge in [0.15, 0.2) is 0 Å². The van der Waals surface area contributed by atoms with E-state index in [2.05, 4.69) is 20.8 Å². The molecular weight excluding hydrogens is 275 g/mol. The van der Waals surface area contributed by atoms with E-state index in [0.29, 0.717) is 5.69 Å². The SMILES string of the molecule is O=C(N/N=C\c1ccncc1)C(=O)Nc1ccc(F)cc1. The van der Waals surface area contributed by atoms with Gasteiger partial charge in [-0.25, -0.2) is 9.82 Å². The Labute approximate surface area is 119 Å². The van der Waals surface area contributed by atoms with Gasteiger partial charge in [-0.05, 0) is 42.0 Å². The fourth-order valence-corrected chi connectivity index (χ4v) is 1.39. The van der Waals surface area contributed by atoms with Crippen molar-refractivity contribution in [1.29, 1.82) is 0 Å². The second-order valence-corrected chi connectivity index (χ2v) is 3.94. The molecular formula is C14H11FN4O2. The van der Waals surface area contributed by atoms with E-state index in [1.165, 1.54) is 30.5 Å². The number of nitrogens with one attached hydrogen (secondary N) is 2. The van der Waals surface area contributed by atoms with Gasteiger partial charge in [0, 0.05) is 18.1 Å². The van der Waals surface area contributed by atoms with Crippen LogP contribution < -0.4 is 10.7 Å². The van der Waals surface area contributed by atoms with E-state index >= 15 is 0 Å². The first-order valence-electron chi connectivity index (χ1n) is 5.95. The van der Waals surface area contributed by atoms with Crippen LogP contribution >= 0.6 is 0 Å². The molecule has 0 unspecified atom stereocenters. The summed E-state index contributed by atoms with van der Waals surface area (Å²) in [7, 11) is 0. The lowest BCUT2D eigenvalue weighted by molar-refractivity contribution is -0.136. The molecule has 1 aromatic heterocycles. The Bertz CT molecular complexity index is 656. The summed E-state index contributed by atoms with van der Waals surface area (Å²) in [6, 6.07) is 8.42. The summed E-state index contributed by atoms with van der Waals surface area (Å²) in [5.41, 5.74) is 3.13. The summed E-state index contributed by atoms with van der Waals surface area (Å²) in [5, 5.41) is 5.96. The van der Waals surface area contributed by atoms with Gasteiger partial charge in [-0.1, -0.05) is 0 Å². The Hall–Kier alpha value is -3.09. The summed E-state index contributed by atoms with van der Waals surface area (Å²) in [4.78, 5) is 26.9. The largest absolute Gasteiger partial charge is 0.329 e. The zero-order chi connectivity index (χ0) is 15.1. The van der Waals surface area contributed by atoms with Crippen molar-refractivity contribution in [2.24, 2.45) is 5.10 Å². The fourth-order valence-electron chi connectivity index (χ4n) is 1.39. The molecule has 2 N–H and O–H groups in total. The molecule has 0 fully saturated rings. The van der Waals surface area contributed by atoms with Crippen molar-refractivity contribution in [2.75, 3.05) is 5.32 Å². The molecule has 6 nitrogen and oxygen atoms in total. The average molecular weight is 286 g/mol. The van der Waals surface area contributed by atoms with Gasteiger partial charge in [0.1, 0.15) is 5.82 Å². The highest BCUT2D eigenvalue weighted by molar-refractivity contribution is 6.39. The molecule has 0 aliphatic carbocycles. The zero-order valence-corrected chi connectivity index (χ0v) is 10.8. The third-order valence-corrected chi connectivity index (χ3v) is 2.39.